The Kier molecular flexibility index (Phi) is 4.90. The second-order valence-corrected chi connectivity index (χ2v) is 5.89. The lowest BCUT2D eigenvalue weighted by atomic mass is 10.2. The molecule has 1 aromatic rings. The van der Waals surface area contributed by atoms with Crippen molar-refractivity contribution in [1.29, 1.82) is 0 Å². The first-order valence-corrected chi connectivity index (χ1v) is 7.34. The van der Waals surface area contributed by atoms with Crippen LogP contribution in [0.4, 0.5) is 0 Å². The maximum atomic E-state index is 12.1. The molecule has 20 heavy (non-hydrogen) atoms. The van der Waals surface area contributed by atoms with Crippen molar-refractivity contribution in [1.82, 2.24) is 14.6 Å². The van der Waals surface area contributed by atoms with Gasteiger partial charge >= 0.3 is 5.97 Å². The van der Waals surface area contributed by atoms with Crippen molar-refractivity contribution in [2.24, 2.45) is 7.05 Å². The fraction of sp³-hybridized carbons (Fsp3) is 0.455. The van der Waals surface area contributed by atoms with Crippen LogP contribution < -0.4 is 10.0 Å². The van der Waals surface area contributed by atoms with Gasteiger partial charge in [-0.05, 0) is 12.5 Å². The molecule has 112 valence electrons. The number of aryl methyl sites for hydroxylation is 1. The molecular formula is C11H17N3O5S. The minimum Gasteiger partial charge on any atom is -0.480 e. The van der Waals surface area contributed by atoms with Gasteiger partial charge in [-0.2, -0.15) is 4.72 Å². The Balaban J connectivity index is 3.11. The lowest BCUT2D eigenvalue weighted by Gasteiger charge is -2.11. The zero-order valence-corrected chi connectivity index (χ0v) is 12.2. The van der Waals surface area contributed by atoms with Crippen LogP contribution >= 0.6 is 0 Å². The van der Waals surface area contributed by atoms with E-state index < -0.39 is 27.9 Å². The zero-order chi connectivity index (χ0) is 15.5. The van der Waals surface area contributed by atoms with Gasteiger partial charge in [-0.3, -0.25) is 9.59 Å². The number of carbonyl (C=O) groups excluding carboxylic acids is 1. The summed E-state index contributed by atoms with van der Waals surface area (Å²) < 4.78 is 27.6. The molecule has 1 aromatic heterocycles. The zero-order valence-electron chi connectivity index (χ0n) is 11.4. The van der Waals surface area contributed by atoms with Gasteiger partial charge in [0.25, 0.3) is 5.91 Å². The lowest BCUT2D eigenvalue weighted by Crippen LogP contribution is -2.40. The van der Waals surface area contributed by atoms with E-state index in [1.807, 2.05) is 0 Å². The molecule has 1 heterocycles. The van der Waals surface area contributed by atoms with Gasteiger partial charge in [-0.25, -0.2) is 8.42 Å². The average molecular weight is 303 g/mol. The summed E-state index contributed by atoms with van der Waals surface area (Å²) in [5.41, 5.74) is 0.163. The van der Waals surface area contributed by atoms with Crippen LogP contribution in [-0.2, 0) is 21.9 Å². The van der Waals surface area contributed by atoms with E-state index in [9.17, 15) is 18.0 Å². The monoisotopic (exact) mass is 303 g/mol. The van der Waals surface area contributed by atoms with E-state index in [4.69, 9.17) is 5.11 Å². The molecule has 3 N–H and O–H groups in total. The standard InChI is InChI=1S/C11H17N3O5S/c1-4-8(11(16)17)13-20(18,19)7-5-9(10(15)12-2)14(3)6-7/h5-6,8,13H,4H2,1-3H3,(H,12,15)(H,16,17). The van der Waals surface area contributed by atoms with Gasteiger partial charge in [0.15, 0.2) is 0 Å². The number of aliphatic carboxylic acids is 1. The molecule has 0 saturated heterocycles. The molecule has 1 unspecified atom stereocenters. The molecular weight excluding hydrogens is 286 g/mol. The highest BCUT2D eigenvalue weighted by Crippen LogP contribution is 2.14. The molecule has 0 bridgehead atoms. The summed E-state index contributed by atoms with van der Waals surface area (Å²) in [6.07, 6.45) is 1.37. The van der Waals surface area contributed by atoms with Crippen LogP contribution in [0.25, 0.3) is 0 Å². The van der Waals surface area contributed by atoms with Gasteiger partial charge in [-0.1, -0.05) is 6.92 Å². The first-order valence-electron chi connectivity index (χ1n) is 5.86. The minimum atomic E-state index is -3.99. The predicted molar refractivity (Wildman–Crippen MR) is 70.8 cm³/mol. The Hall–Kier alpha value is -1.87. The Labute approximate surface area is 116 Å². The summed E-state index contributed by atoms with van der Waals surface area (Å²) in [5.74, 6) is -1.68. The van der Waals surface area contributed by atoms with E-state index in [2.05, 4.69) is 10.0 Å². The summed E-state index contributed by atoms with van der Waals surface area (Å²) in [7, 11) is -1.04. The molecule has 0 spiro atoms. The molecule has 0 aliphatic rings. The van der Waals surface area contributed by atoms with E-state index >= 15 is 0 Å². The second-order valence-electron chi connectivity index (χ2n) is 4.17. The van der Waals surface area contributed by atoms with Gasteiger partial charge in [-0.15, -0.1) is 0 Å². The highest BCUT2D eigenvalue weighted by Gasteiger charge is 2.26. The third kappa shape index (κ3) is 3.36. The number of hydrogen-bond donors (Lipinski definition) is 3. The number of carboxylic acid groups (broad SMARTS) is 1. The average Bonchev–Trinajstić information content (AvgIpc) is 2.77. The van der Waals surface area contributed by atoms with Crippen molar-refractivity contribution in [2.75, 3.05) is 7.05 Å². The number of nitrogens with zero attached hydrogens (tertiary/aromatic N) is 1. The third-order valence-electron chi connectivity index (χ3n) is 2.75. The summed E-state index contributed by atoms with van der Waals surface area (Å²) >= 11 is 0. The third-order valence-corrected chi connectivity index (χ3v) is 4.19. The quantitative estimate of drug-likeness (QED) is 0.656. The minimum absolute atomic E-state index is 0.115. The van der Waals surface area contributed by atoms with Crippen LogP contribution in [0.5, 0.6) is 0 Å². The number of sulfonamides is 1. The number of amides is 1. The van der Waals surface area contributed by atoms with Crippen molar-refractivity contribution < 1.29 is 23.1 Å². The van der Waals surface area contributed by atoms with Crippen molar-refractivity contribution in [3.8, 4) is 0 Å². The summed E-state index contributed by atoms with van der Waals surface area (Å²) in [6, 6.07) is -0.0147. The Morgan fingerprint density at radius 3 is 2.50 bits per heavy atom. The number of aromatic nitrogens is 1. The number of nitrogens with one attached hydrogen (secondary N) is 2. The molecule has 1 amide bonds. The van der Waals surface area contributed by atoms with Gasteiger partial charge < -0.3 is 15.0 Å². The number of rotatable bonds is 6. The SMILES string of the molecule is CCC(NS(=O)(=O)c1cc(C(=O)NC)n(C)c1)C(=O)O. The van der Waals surface area contributed by atoms with Crippen molar-refractivity contribution >= 4 is 21.9 Å². The smallest absolute Gasteiger partial charge is 0.321 e. The van der Waals surface area contributed by atoms with Gasteiger partial charge in [0.05, 0.1) is 0 Å². The first-order chi connectivity index (χ1) is 9.22. The molecule has 1 atom stereocenters. The van der Waals surface area contributed by atoms with Gasteiger partial charge in [0.1, 0.15) is 16.6 Å². The van der Waals surface area contributed by atoms with E-state index in [0.717, 1.165) is 0 Å². The number of carboxylic acids is 1. The molecule has 0 fully saturated rings. The maximum absolute atomic E-state index is 12.1. The second kappa shape index (κ2) is 6.06. The van der Waals surface area contributed by atoms with Gasteiger partial charge in [0, 0.05) is 20.3 Å². The molecule has 0 radical (unpaired) electrons. The Bertz CT molecular complexity index is 620. The first kappa shape index (κ1) is 16.2. The van der Waals surface area contributed by atoms with Crippen LogP contribution in [0.15, 0.2) is 17.2 Å². The highest BCUT2D eigenvalue weighted by molar-refractivity contribution is 7.89. The van der Waals surface area contributed by atoms with Crippen molar-refractivity contribution in [3.05, 3.63) is 18.0 Å². The van der Waals surface area contributed by atoms with Crippen molar-refractivity contribution in [3.63, 3.8) is 0 Å². The Morgan fingerprint density at radius 1 is 1.45 bits per heavy atom. The molecule has 0 saturated carbocycles. The number of hydrogen-bond acceptors (Lipinski definition) is 4. The summed E-state index contributed by atoms with van der Waals surface area (Å²) in [5, 5.41) is 11.3. The van der Waals surface area contributed by atoms with E-state index in [1.165, 1.54) is 30.9 Å². The molecule has 0 aliphatic carbocycles. The molecule has 1 rings (SSSR count). The van der Waals surface area contributed by atoms with Gasteiger partial charge in [0.2, 0.25) is 10.0 Å². The normalized spacial score (nSPS) is 12.9. The van der Waals surface area contributed by atoms with E-state index in [1.54, 1.807) is 6.92 Å². The molecule has 0 aromatic carbocycles. The van der Waals surface area contributed by atoms with Crippen LogP contribution in [0.3, 0.4) is 0 Å². The molecule has 9 heteroatoms. The van der Waals surface area contributed by atoms with Crippen LogP contribution in [0.1, 0.15) is 23.8 Å². The van der Waals surface area contributed by atoms with Crippen LogP contribution in [0, 0.1) is 0 Å². The van der Waals surface area contributed by atoms with E-state index in [0.29, 0.717) is 0 Å². The van der Waals surface area contributed by atoms with Crippen molar-refractivity contribution in [2.45, 2.75) is 24.3 Å². The maximum Gasteiger partial charge on any atom is 0.321 e. The summed E-state index contributed by atoms with van der Waals surface area (Å²) in [6.45, 7) is 1.56. The van der Waals surface area contributed by atoms with E-state index in [-0.39, 0.29) is 17.0 Å². The topological polar surface area (TPSA) is 117 Å². The van der Waals surface area contributed by atoms with Crippen LogP contribution in [-0.4, -0.2) is 43.1 Å². The fourth-order valence-corrected chi connectivity index (χ4v) is 2.94. The molecule has 8 nitrogen and oxygen atoms in total. The Morgan fingerprint density at radius 2 is 2.05 bits per heavy atom. The predicted octanol–water partition coefficient (Wildman–Crippen LogP) is -0.474. The fourth-order valence-electron chi connectivity index (χ4n) is 1.60. The molecule has 0 aliphatic heterocycles. The largest absolute Gasteiger partial charge is 0.480 e. The van der Waals surface area contributed by atoms with Crippen LogP contribution in [0.2, 0.25) is 0 Å². The highest BCUT2D eigenvalue weighted by atomic mass is 32.2. The lowest BCUT2D eigenvalue weighted by molar-refractivity contribution is -0.139. The summed E-state index contributed by atoms with van der Waals surface area (Å²) in [4.78, 5) is 22.2. The number of carbonyl (C=O) groups is 2.